The number of aliphatic hydroxyl groups excluding tert-OH is 1. The van der Waals surface area contributed by atoms with Gasteiger partial charge < -0.3 is 24.5 Å². The van der Waals surface area contributed by atoms with Gasteiger partial charge in [0.2, 0.25) is 0 Å². The zero-order chi connectivity index (χ0) is 25.8. The van der Waals surface area contributed by atoms with Gasteiger partial charge in [-0.25, -0.2) is 9.59 Å². The lowest BCUT2D eigenvalue weighted by atomic mass is 10.1. The third-order valence-electron chi connectivity index (χ3n) is 5.58. The summed E-state index contributed by atoms with van der Waals surface area (Å²) >= 11 is 3.04. The van der Waals surface area contributed by atoms with Crippen molar-refractivity contribution in [3.8, 4) is 0 Å². The molecule has 1 aromatic carbocycles. The molecule has 0 radical (unpaired) electrons. The third kappa shape index (κ3) is 5.98. The molecule has 5 atom stereocenters. The molecule has 0 aliphatic carbocycles. The Morgan fingerprint density at radius 1 is 1.42 bits per heavy atom. The van der Waals surface area contributed by atoms with E-state index in [9.17, 15) is 24.4 Å². The number of benzene rings is 1. The first kappa shape index (κ1) is 26.4. The van der Waals surface area contributed by atoms with E-state index in [2.05, 4.69) is 30.6 Å². The molecule has 3 heterocycles. The first-order chi connectivity index (χ1) is 17.3. The van der Waals surface area contributed by atoms with Gasteiger partial charge in [-0.05, 0) is 27.6 Å². The fourth-order valence-corrected chi connectivity index (χ4v) is 4.72. The van der Waals surface area contributed by atoms with Gasteiger partial charge >= 0.3 is 19.8 Å². The van der Waals surface area contributed by atoms with E-state index in [0.717, 1.165) is 21.0 Å². The van der Waals surface area contributed by atoms with Crippen LogP contribution in [0.3, 0.4) is 0 Å². The quantitative estimate of drug-likeness (QED) is 0.143. The van der Waals surface area contributed by atoms with E-state index in [0.29, 0.717) is 0 Å². The number of H-pyrrole nitrogens is 2. The number of aromatic amines is 2. The fourth-order valence-electron chi connectivity index (χ4n) is 3.80. The van der Waals surface area contributed by atoms with Crippen LogP contribution in [-0.2, 0) is 30.3 Å². The predicted molar refractivity (Wildman–Crippen MR) is 128 cm³/mol. The van der Waals surface area contributed by atoms with Gasteiger partial charge in [-0.3, -0.25) is 14.3 Å². The Balaban J connectivity index is 1.36. The molecule has 3 N–H and O–H groups in total. The molecule has 1 fully saturated rings. The summed E-state index contributed by atoms with van der Waals surface area (Å²) in [7, 11) is -1.58. The Hall–Kier alpha value is -2.71. The van der Waals surface area contributed by atoms with Gasteiger partial charge in [-0.1, -0.05) is 22.9 Å². The van der Waals surface area contributed by atoms with Crippen molar-refractivity contribution in [3.05, 3.63) is 67.5 Å². The Morgan fingerprint density at radius 2 is 2.19 bits per heavy atom. The van der Waals surface area contributed by atoms with E-state index in [1.807, 2.05) is 24.3 Å². The van der Waals surface area contributed by atoms with Crippen LogP contribution in [-0.4, -0.2) is 57.6 Å². The van der Waals surface area contributed by atoms with Crippen molar-refractivity contribution in [2.75, 3.05) is 13.7 Å². The van der Waals surface area contributed by atoms with Gasteiger partial charge in [-0.15, -0.1) is 0 Å². The van der Waals surface area contributed by atoms with Crippen LogP contribution in [0.25, 0.3) is 10.9 Å². The summed E-state index contributed by atoms with van der Waals surface area (Å²) in [5.74, 6) is -0.692. The van der Waals surface area contributed by atoms with Crippen molar-refractivity contribution in [2.24, 2.45) is 4.74 Å². The van der Waals surface area contributed by atoms with Crippen LogP contribution < -0.4 is 16.1 Å². The largest absolute Gasteiger partial charge is 0.581 e. The van der Waals surface area contributed by atoms with Gasteiger partial charge in [0.05, 0.1) is 17.7 Å². The maximum atomic E-state index is 12.4. The van der Waals surface area contributed by atoms with E-state index in [-0.39, 0.29) is 23.9 Å². The summed E-state index contributed by atoms with van der Waals surface area (Å²) in [6.45, 7) is -0.334. The average molecular weight is 585 g/mol. The number of carbonyl (C=O) groups is 1. The molecule has 1 aliphatic heterocycles. The number of methoxy groups -OCH3 is 1. The van der Waals surface area contributed by atoms with Gasteiger partial charge in [0.15, 0.2) is 6.04 Å². The van der Waals surface area contributed by atoms with Crippen molar-refractivity contribution in [1.29, 1.82) is 0 Å². The van der Waals surface area contributed by atoms with Crippen LogP contribution >= 0.6 is 24.1 Å². The molecule has 0 spiro atoms. The molecule has 4 rings (SSSR count). The topological polar surface area (TPSA) is 180 Å². The highest BCUT2D eigenvalue weighted by molar-refractivity contribution is 9.10. The smallest absolute Gasteiger partial charge is 0.382 e. The van der Waals surface area contributed by atoms with Gasteiger partial charge in [0.1, 0.15) is 18.9 Å². The minimum atomic E-state index is -2.78. The highest BCUT2D eigenvalue weighted by Crippen LogP contribution is 2.29. The van der Waals surface area contributed by atoms with Crippen LogP contribution in [0, 0.1) is 0 Å². The average Bonchev–Trinajstić information content (AvgIpc) is 3.43. The number of hydrogen-bond acceptors (Lipinski definition) is 10. The number of aliphatic hydroxyl groups is 1. The van der Waals surface area contributed by atoms with Crippen molar-refractivity contribution in [2.45, 2.75) is 37.3 Å². The highest BCUT2D eigenvalue weighted by atomic mass is 79.9. The molecule has 0 saturated carbocycles. The van der Waals surface area contributed by atoms with Crippen molar-refractivity contribution in [1.82, 2.24) is 14.5 Å². The molecule has 5 unspecified atom stereocenters. The third-order valence-corrected chi connectivity index (χ3v) is 6.85. The number of carbonyl (C=O) groups excluding carboxylic acids is 1. The zero-order valence-corrected chi connectivity index (χ0v) is 21.3. The molecule has 0 bridgehead atoms. The molecule has 3 aromatic rings. The van der Waals surface area contributed by atoms with Crippen molar-refractivity contribution < 1.29 is 33.8 Å². The molecule has 0 amide bonds. The lowest BCUT2D eigenvalue weighted by Crippen LogP contribution is -2.32. The maximum absolute atomic E-state index is 12.4. The normalized spacial score (nSPS) is 21.1. The first-order valence-corrected chi connectivity index (χ1v) is 12.6. The Labute approximate surface area is 212 Å². The molecule has 1 saturated heterocycles. The second kappa shape index (κ2) is 11.6. The number of esters is 1. The highest BCUT2D eigenvalue weighted by Gasteiger charge is 2.36. The summed E-state index contributed by atoms with van der Waals surface area (Å²) in [5.41, 5.74) is 0.367. The number of rotatable bonds is 9. The molecule has 13 nitrogen and oxygen atoms in total. The number of nitrogens with one attached hydrogen (secondary N) is 2. The minimum absolute atomic E-state index is 0.0396. The lowest BCUT2D eigenvalue weighted by molar-refractivity contribution is -0.277. The summed E-state index contributed by atoms with van der Waals surface area (Å²) < 4.78 is 20.3. The molecule has 36 heavy (non-hydrogen) atoms. The second-order valence-corrected chi connectivity index (χ2v) is 9.60. The summed E-state index contributed by atoms with van der Waals surface area (Å²) in [4.78, 5) is 58.3. The summed E-state index contributed by atoms with van der Waals surface area (Å²) in [6.07, 6.45) is 0.341. The number of para-hydroxylation sites is 1. The number of fused-ring (bicyclic) bond motifs is 1. The number of aromatic nitrogens is 3. The van der Waals surface area contributed by atoms with Crippen LogP contribution in [0.5, 0.6) is 0 Å². The SMILES string of the molecule is COC(=O)C(Cc1c[nH]c2ccccc12)N=[P+]([O-])OOCC1OC(n2cc(Br)c(=O)[nH]c2=O)CC1O. The van der Waals surface area contributed by atoms with Gasteiger partial charge in [0, 0.05) is 40.8 Å². The van der Waals surface area contributed by atoms with Crippen molar-refractivity contribution in [3.63, 3.8) is 0 Å². The molecule has 2 aromatic heterocycles. The monoisotopic (exact) mass is 584 g/mol. The summed E-state index contributed by atoms with van der Waals surface area (Å²) in [6, 6.07) is 6.40. The van der Waals surface area contributed by atoms with Crippen molar-refractivity contribution >= 4 is 41.0 Å². The Morgan fingerprint density at radius 3 is 2.97 bits per heavy atom. The van der Waals surface area contributed by atoms with Crippen LogP contribution in [0.2, 0.25) is 0 Å². The molecular formula is C21H22BrN4O9P. The number of halogens is 1. The fraction of sp³-hybridized carbons (Fsp3) is 0.381. The summed E-state index contributed by atoms with van der Waals surface area (Å²) in [5, 5.41) is 11.2. The minimum Gasteiger partial charge on any atom is -0.581 e. The molecule has 15 heteroatoms. The van der Waals surface area contributed by atoms with Gasteiger partial charge in [-0.2, -0.15) is 4.89 Å². The van der Waals surface area contributed by atoms with Crippen LogP contribution in [0.4, 0.5) is 0 Å². The van der Waals surface area contributed by atoms with Gasteiger partial charge in [0.25, 0.3) is 5.56 Å². The number of nitrogens with zero attached hydrogens (tertiary/aromatic N) is 2. The maximum Gasteiger partial charge on any atom is 0.382 e. The van der Waals surface area contributed by atoms with Crippen LogP contribution in [0.1, 0.15) is 18.2 Å². The van der Waals surface area contributed by atoms with E-state index < -0.39 is 49.9 Å². The first-order valence-electron chi connectivity index (χ1n) is 10.7. The predicted octanol–water partition coefficient (Wildman–Crippen LogP) is 1.02. The standard InChI is InChI=1S/C21H22BrN4O9P/c1-32-20(29)15(6-11-8-23-14-5-3-2-4-12(11)14)25-36(31)35-33-10-17-16(27)7-18(34-17)26-9-13(22)19(28)24-21(26)30/h2-5,8-9,15-18,23,27H,6-7,10H2,1H3,(H,24,28,30). The van der Waals surface area contributed by atoms with E-state index in [4.69, 9.17) is 19.0 Å². The van der Waals surface area contributed by atoms with Crippen LogP contribution in [0.15, 0.2) is 55.5 Å². The zero-order valence-electron chi connectivity index (χ0n) is 18.8. The lowest BCUT2D eigenvalue weighted by Gasteiger charge is -2.15. The second-order valence-electron chi connectivity index (χ2n) is 7.89. The van der Waals surface area contributed by atoms with E-state index in [1.54, 1.807) is 6.20 Å². The Kier molecular flexibility index (Phi) is 8.46. The number of ether oxygens (including phenoxy) is 2. The molecular weight excluding hydrogens is 563 g/mol. The number of hydrogen-bond donors (Lipinski definition) is 3. The van der Waals surface area contributed by atoms with E-state index in [1.165, 1.54) is 13.3 Å². The Bertz CT molecular complexity index is 1390. The molecule has 1 aliphatic rings. The molecule has 192 valence electrons. The van der Waals surface area contributed by atoms with E-state index >= 15 is 0 Å².